The Morgan fingerprint density at radius 2 is 1.89 bits per heavy atom. The van der Waals surface area contributed by atoms with Crippen LogP contribution in [0, 0.1) is 34.5 Å². The van der Waals surface area contributed by atoms with Gasteiger partial charge in [-0.15, -0.1) is 11.6 Å². The van der Waals surface area contributed by atoms with E-state index in [-0.39, 0.29) is 41.3 Å². The predicted octanol–water partition coefficient (Wildman–Crippen LogP) is 2.87. The summed E-state index contributed by atoms with van der Waals surface area (Å²) in [6.45, 7) is 4.06. The topological polar surface area (TPSA) is 87.0 Å². The Bertz CT molecular complexity index is 614. The minimum absolute atomic E-state index is 0.0582. The first kappa shape index (κ1) is 20.9. The molecule has 4 rings (SSSR count). The Morgan fingerprint density at radius 3 is 2.57 bits per heavy atom. The Kier molecular flexibility index (Phi) is 5.52. The van der Waals surface area contributed by atoms with Crippen molar-refractivity contribution in [3.63, 3.8) is 0 Å². The lowest BCUT2D eigenvalue weighted by Crippen LogP contribution is -2.60. The van der Waals surface area contributed by atoms with Gasteiger partial charge in [-0.25, -0.2) is 0 Å². The second-order valence-corrected chi connectivity index (χ2v) is 10.7. The van der Waals surface area contributed by atoms with Gasteiger partial charge in [-0.1, -0.05) is 13.8 Å². The van der Waals surface area contributed by atoms with Gasteiger partial charge < -0.3 is 20.1 Å². The molecule has 0 saturated heterocycles. The van der Waals surface area contributed by atoms with Crippen LogP contribution in [0.15, 0.2) is 0 Å². The minimum atomic E-state index is -0.545. The predicted molar refractivity (Wildman–Crippen MR) is 106 cm³/mol. The number of carbonyl (C=O) groups excluding carboxylic acids is 1. The number of hydrogen-bond donors (Lipinski definition) is 3. The molecule has 4 aliphatic carbocycles. The largest absolute Gasteiger partial charge is 0.460 e. The summed E-state index contributed by atoms with van der Waals surface area (Å²) in [5.74, 6) is 0.569. The average Bonchev–Trinajstić information content (AvgIpc) is 2.95. The molecular formula is C22H35ClO5. The second kappa shape index (κ2) is 7.40. The van der Waals surface area contributed by atoms with E-state index < -0.39 is 17.6 Å². The Balaban J connectivity index is 1.66. The monoisotopic (exact) mass is 414 g/mol. The van der Waals surface area contributed by atoms with E-state index in [0.29, 0.717) is 31.1 Å². The van der Waals surface area contributed by atoms with E-state index >= 15 is 0 Å². The summed E-state index contributed by atoms with van der Waals surface area (Å²) in [5, 5.41) is 31.5. The van der Waals surface area contributed by atoms with Gasteiger partial charge >= 0.3 is 5.97 Å². The van der Waals surface area contributed by atoms with Crippen molar-refractivity contribution in [1.29, 1.82) is 0 Å². The molecule has 0 aliphatic heterocycles. The molecule has 28 heavy (non-hydrogen) atoms. The highest BCUT2D eigenvalue weighted by atomic mass is 35.5. The van der Waals surface area contributed by atoms with Gasteiger partial charge in [0.15, 0.2) is 0 Å². The molecule has 4 fully saturated rings. The number of aliphatic hydroxyl groups is 3. The van der Waals surface area contributed by atoms with Gasteiger partial charge in [0.25, 0.3) is 0 Å². The number of rotatable bonds is 3. The fourth-order valence-corrected chi connectivity index (χ4v) is 8.14. The van der Waals surface area contributed by atoms with Crippen molar-refractivity contribution in [1.82, 2.24) is 0 Å². The van der Waals surface area contributed by atoms with Crippen molar-refractivity contribution in [3.8, 4) is 0 Å². The first-order valence-electron chi connectivity index (χ1n) is 11.1. The fraction of sp³-hybridized carbons (Fsp3) is 0.955. The Labute approximate surface area is 172 Å². The summed E-state index contributed by atoms with van der Waals surface area (Å²) in [5.41, 5.74) is -0.429. The Morgan fingerprint density at radius 1 is 1.14 bits per heavy atom. The smallest absolute Gasteiger partial charge is 0.305 e. The number of ether oxygens (including phenoxy) is 1. The van der Waals surface area contributed by atoms with Gasteiger partial charge in [-0.05, 0) is 74.0 Å². The van der Waals surface area contributed by atoms with Crippen LogP contribution in [0.25, 0.3) is 0 Å². The molecule has 5 nitrogen and oxygen atoms in total. The van der Waals surface area contributed by atoms with Crippen molar-refractivity contribution in [2.75, 3.05) is 6.61 Å². The number of halogens is 1. The molecule has 0 heterocycles. The lowest BCUT2D eigenvalue weighted by atomic mass is 9.44. The van der Waals surface area contributed by atoms with Gasteiger partial charge in [-0.3, -0.25) is 4.79 Å². The molecule has 0 aromatic rings. The standard InChI is InChI=1S/C22H35ClO5/c1-3-18(27)28-20-16(23)10-15-19-14(5-7-22(15,20)11-24)21(2)6-4-13(25)8-12(21)9-17(19)26/h12-17,19-20,24-26H,3-11H2,1-2H3/t12?,13-,14?,15?,16+,17-,19?,20-,21-,22+/m0/s1. The van der Waals surface area contributed by atoms with Crippen LogP contribution in [0.3, 0.4) is 0 Å². The zero-order valence-corrected chi connectivity index (χ0v) is 17.8. The lowest BCUT2D eigenvalue weighted by molar-refractivity contribution is -0.194. The summed E-state index contributed by atoms with van der Waals surface area (Å²) >= 11 is 6.69. The van der Waals surface area contributed by atoms with Crippen LogP contribution >= 0.6 is 11.6 Å². The van der Waals surface area contributed by atoms with E-state index in [0.717, 1.165) is 32.1 Å². The fourth-order valence-electron chi connectivity index (χ4n) is 7.64. The quantitative estimate of drug-likeness (QED) is 0.488. The molecule has 4 aliphatic rings. The summed E-state index contributed by atoms with van der Waals surface area (Å²) < 4.78 is 5.75. The third kappa shape index (κ3) is 2.95. The molecule has 0 spiro atoms. The number of carbonyl (C=O) groups is 1. The van der Waals surface area contributed by atoms with E-state index in [1.165, 1.54) is 0 Å². The second-order valence-electron chi connectivity index (χ2n) is 10.2. The number of aliphatic hydroxyl groups excluding tert-OH is 3. The maximum absolute atomic E-state index is 12.0. The van der Waals surface area contributed by atoms with Crippen LogP contribution < -0.4 is 0 Å². The van der Waals surface area contributed by atoms with Crippen LogP contribution in [0.5, 0.6) is 0 Å². The van der Waals surface area contributed by atoms with Crippen molar-refractivity contribution in [2.45, 2.75) is 88.9 Å². The molecule has 6 heteroatoms. The zero-order valence-electron chi connectivity index (χ0n) is 17.0. The number of esters is 1. The normalized spacial score (nSPS) is 53.1. The van der Waals surface area contributed by atoms with Crippen LogP contribution in [0.2, 0.25) is 0 Å². The van der Waals surface area contributed by atoms with Gasteiger partial charge in [0, 0.05) is 11.8 Å². The summed E-state index contributed by atoms with van der Waals surface area (Å²) in [6, 6.07) is 0. The van der Waals surface area contributed by atoms with Gasteiger partial charge in [0.05, 0.1) is 24.2 Å². The van der Waals surface area contributed by atoms with Gasteiger partial charge in [0.1, 0.15) is 6.10 Å². The zero-order chi connectivity index (χ0) is 20.3. The molecule has 4 unspecified atom stereocenters. The molecule has 0 amide bonds. The highest BCUT2D eigenvalue weighted by molar-refractivity contribution is 6.21. The molecule has 0 radical (unpaired) electrons. The number of fused-ring (bicyclic) bond motifs is 5. The summed E-state index contributed by atoms with van der Waals surface area (Å²) in [4.78, 5) is 12.0. The number of hydrogen-bond acceptors (Lipinski definition) is 5. The number of alkyl halides is 1. The Hall–Kier alpha value is -0.360. The van der Waals surface area contributed by atoms with Crippen molar-refractivity contribution in [3.05, 3.63) is 0 Å². The average molecular weight is 415 g/mol. The third-order valence-electron chi connectivity index (χ3n) is 9.13. The highest BCUT2D eigenvalue weighted by Gasteiger charge is 2.66. The van der Waals surface area contributed by atoms with Crippen molar-refractivity contribution < 1.29 is 24.9 Å². The van der Waals surface area contributed by atoms with Crippen molar-refractivity contribution in [2.24, 2.45) is 34.5 Å². The molecule has 0 bridgehead atoms. The van der Waals surface area contributed by atoms with Crippen LogP contribution in [0.4, 0.5) is 0 Å². The first-order valence-corrected chi connectivity index (χ1v) is 11.5. The SMILES string of the molecule is CCC(=O)O[C@H]1[C@H](Cl)CC2C3C(CC[C@@]21CO)[C@@]1(C)CC[C@H](O)CC1C[C@@H]3O. The van der Waals surface area contributed by atoms with Crippen LogP contribution in [-0.4, -0.2) is 51.6 Å². The van der Waals surface area contributed by atoms with E-state index in [9.17, 15) is 20.1 Å². The summed E-state index contributed by atoms with van der Waals surface area (Å²) in [7, 11) is 0. The van der Waals surface area contributed by atoms with Crippen LogP contribution in [-0.2, 0) is 9.53 Å². The lowest BCUT2D eigenvalue weighted by Gasteiger charge is -2.62. The third-order valence-corrected chi connectivity index (χ3v) is 9.53. The molecular weight excluding hydrogens is 380 g/mol. The summed E-state index contributed by atoms with van der Waals surface area (Å²) in [6.07, 6.45) is 4.77. The van der Waals surface area contributed by atoms with E-state index in [4.69, 9.17) is 16.3 Å². The minimum Gasteiger partial charge on any atom is -0.460 e. The maximum Gasteiger partial charge on any atom is 0.305 e. The van der Waals surface area contributed by atoms with Crippen molar-refractivity contribution >= 4 is 17.6 Å². The highest BCUT2D eigenvalue weighted by Crippen LogP contribution is 2.67. The molecule has 160 valence electrons. The van der Waals surface area contributed by atoms with E-state index in [2.05, 4.69) is 6.92 Å². The molecule has 0 aromatic carbocycles. The van der Waals surface area contributed by atoms with Crippen LogP contribution in [0.1, 0.15) is 65.2 Å². The molecule has 4 saturated carbocycles. The maximum atomic E-state index is 12.0. The first-order chi connectivity index (χ1) is 13.3. The molecule has 0 aromatic heterocycles. The molecule has 3 N–H and O–H groups in total. The van der Waals surface area contributed by atoms with Gasteiger partial charge in [-0.2, -0.15) is 0 Å². The molecule has 10 atom stereocenters. The van der Waals surface area contributed by atoms with Gasteiger partial charge in [0.2, 0.25) is 0 Å². The van der Waals surface area contributed by atoms with E-state index in [1.54, 1.807) is 6.92 Å². The van der Waals surface area contributed by atoms with E-state index in [1.807, 2.05) is 0 Å².